The summed E-state index contributed by atoms with van der Waals surface area (Å²) in [4.78, 5) is 14.2. The van der Waals surface area contributed by atoms with Crippen LogP contribution in [0.1, 0.15) is 41.5 Å². The number of hydrogen-bond acceptors (Lipinski definition) is 1. The molecule has 88 valence electrons. The Balaban J connectivity index is 4.71. The largest absolute Gasteiger partial charge is 0.338 e. The molecule has 0 spiro atoms. The van der Waals surface area contributed by atoms with Gasteiger partial charge in [0.2, 0.25) is 5.91 Å². The third kappa shape index (κ3) is 3.69. The van der Waals surface area contributed by atoms with E-state index in [1.807, 2.05) is 24.8 Å². The number of hydrogen-bond donors (Lipinski definition) is 0. The van der Waals surface area contributed by atoms with Crippen molar-refractivity contribution >= 4 is 5.91 Å². The molecule has 0 saturated carbocycles. The van der Waals surface area contributed by atoms with E-state index in [2.05, 4.69) is 34.3 Å². The lowest BCUT2D eigenvalue weighted by molar-refractivity contribution is -0.139. The van der Waals surface area contributed by atoms with Crippen LogP contribution in [0.15, 0.2) is 12.7 Å². The van der Waals surface area contributed by atoms with Crippen LogP contribution in [-0.4, -0.2) is 22.9 Å². The topological polar surface area (TPSA) is 20.3 Å². The van der Waals surface area contributed by atoms with Crippen molar-refractivity contribution in [1.29, 1.82) is 0 Å². The Kier molecular flexibility index (Phi) is 5.63. The summed E-state index contributed by atoms with van der Waals surface area (Å²) in [5.41, 5.74) is 0. The van der Waals surface area contributed by atoms with Crippen molar-refractivity contribution in [3.05, 3.63) is 12.7 Å². The van der Waals surface area contributed by atoms with Gasteiger partial charge < -0.3 is 4.90 Å². The van der Waals surface area contributed by atoms with Crippen molar-refractivity contribution in [3.8, 4) is 0 Å². The van der Waals surface area contributed by atoms with E-state index in [-0.39, 0.29) is 29.8 Å². The van der Waals surface area contributed by atoms with Gasteiger partial charge in [-0.25, -0.2) is 0 Å². The van der Waals surface area contributed by atoms with Crippen molar-refractivity contribution < 1.29 is 4.79 Å². The summed E-state index contributed by atoms with van der Waals surface area (Å²) in [7, 11) is 0. The van der Waals surface area contributed by atoms with Gasteiger partial charge in [-0.05, 0) is 33.6 Å². The van der Waals surface area contributed by atoms with E-state index in [1.165, 1.54) is 0 Å². The van der Waals surface area contributed by atoms with E-state index < -0.39 is 0 Å². The van der Waals surface area contributed by atoms with Gasteiger partial charge in [-0.2, -0.15) is 0 Å². The van der Waals surface area contributed by atoms with Crippen LogP contribution in [0.3, 0.4) is 0 Å². The van der Waals surface area contributed by atoms with Crippen molar-refractivity contribution in [3.63, 3.8) is 0 Å². The number of carbonyl (C=O) groups is 1. The van der Waals surface area contributed by atoms with Crippen LogP contribution in [0.25, 0.3) is 0 Å². The standard InChI is InChI=1S/C13H25NO/c1-8-11(6)12(7)13(15)14(9(2)3)10(4)5/h8-12H,1H2,2-7H3/t11-,12-/m0/s1. The minimum absolute atomic E-state index is 0.0206. The van der Waals surface area contributed by atoms with Gasteiger partial charge >= 0.3 is 0 Å². The zero-order valence-corrected chi connectivity index (χ0v) is 10.9. The first kappa shape index (κ1) is 14.2. The highest BCUT2D eigenvalue weighted by molar-refractivity contribution is 5.79. The van der Waals surface area contributed by atoms with E-state index in [4.69, 9.17) is 0 Å². The van der Waals surface area contributed by atoms with Gasteiger partial charge in [-0.15, -0.1) is 6.58 Å². The molecule has 0 aliphatic rings. The average Bonchev–Trinajstić information content (AvgIpc) is 2.14. The lowest BCUT2D eigenvalue weighted by Gasteiger charge is -2.34. The summed E-state index contributed by atoms with van der Waals surface area (Å²) >= 11 is 0. The van der Waals surface area contributed by atoms with Gasteiger partial charge in [0.25, 0.3) is 0 Å². The summed E-state index contributed by atoms with van der Waals surface area (Å²) in [6.45, 7) is 16.0. The van der Waals surface area contributed by atoms with Gasteiger partial charge in [0, 0.05) is 18.0 Å². The fraction of sp³-hybridized carbons (Fsp3) is 0.769. The van der Waals surface area contributed by atoms with Crippen LogP contribution in [0, 0.1) is 11.8 Å². The van der Waals surface area contributed by atoms with Gasteiger partial charge in [0.15, 0.2) is 0 Å². The summed E-state index contributed by atoms with van der Waals surface area (Å²) in [5.74, 6) is 0.484. The first-order valence-electron chi connectivity index (χ1n) is 5.77. The molecule has 0 heterocycles. The zero-order valence-electron chi connectivity index (χ0n) is 10.9. The highest BCUT2D eigenvalue weighted by Crippen LogP contribution is 2.18. The minimum Gasteiger partial charge on any atom is -0.338 e. The molecule has 0 fully saturated rings. The summed E-state index contributed by atoms with van der Waals surface area (Å²) in [5, 5.41) is 0. The van der Waals surface area contributed by atoms with Crippen LogP contribution in [0.4, 0.5) is 0 Å². The van der Waals surface area contributed by atoms with Gasteiger partial charge in [-0.1, -0.05) is 19.9 Å². The quantitative estimate of drug-likeness (QED) is 0.640. The highest BCUT2D eigenvalue weighted by atomic mass is 16.2. The molecule has 0 aromatic rings. The molecule has 0 saturated heterocycles. The number of allylic oxidation sites excluding steroid dienone is 1. The smallest absolute Gasteiger partial charge is 0.226 e. The molecule has 0 aromatic heterocycles. The first-order valence-corrected chi connectivity index (χ1v) is 5.77. The zero-order chi connectivity index (χ0) is 12.2. The predicted octanol–water partition coefficient (Wildman–Crippen LogP) is 3.09. The monoisotopic (exact) mass is 211 g/mol. The van der Waals surface area contributed by atoms with Crippen LogP contribution in [0.5, 0.6) is 0 Å². The van der Waals surface area contributed by atoms with E-state index >= 15 is 0 Å². The molecule has 2 nitrogen and oxygen atoms in total. The molecule has 15 heavy (non-hydrogen) atoms. The minimum atomic E-state index is 0.0206. The number of carbonyl (C=O) groups excluding carboxylic acids is 1. The second-order valence-electron chi connectivity index (χ2n) is 4.82. The summed E-state index contributed by atoms with van der Waals surface area (Å²) < 4.78 is 0. The van der Waals surface area contributed by atoms with Gasteiger partial charge in [-0.3, -0.25) is 4.79 Å². The molecule has 2 heteroatoms. The molecule has 0 radical (unpaired) electrons. The van der Waals surface area contributed by atoms with E-state index in [0.29, 0.717) is 0 Å². The van der Waals surface area contributed by atoms with E-state index in [0.717, 1.165) is 0 Å². The lowest BCUT2D eigenvalue weighted by atomic mass is 9.94. The van der Waals surface area contributed by atoms with Crippen LogP contribution in [0.2, 0.25) is 0 Å². The predicted molar refractivity (Wildman–Crippen MR) is 65.6 cm³/mol. The Hall–Kier alpha value is -0.790. The second-order valence-corrected chi connectivity index (χ2v) is 4.82. The van der Waals surface area contributed by atoms with Gasteiger partial charge in [0.05, 0.1) is 0 Å². The fourth-order valence-electron chi connectivity index (χ4n) is 1.77. The normalized spacial score (nSPS) is 15.2. The molecule has 0 unspecified atom stereocenters. The molecule has 0 aliphatic carbocycles. The van der Waals surface area contributed by atoms with E-state index in [1.54, 1.807) is 0 Å². The molecule has 0 N–H and O–H groups in total. The van der Waals surface area contributed by atoms with Gasteiger partial charge in [0.1, 0.15) is 0 Å². The number of rotatable bonds is 5. The molecule has 0 aliphatic heterocycles. The van der Waals surface area contributed by atoms with Crippen LogP contribution in [-0.2, 0) is 4.79 Å². The Morgan fingerprint density at radius 3 is 1.73 bits per heavy atom. The molecular formula is C13H25NO. The fourth-order valence-corrected chi connectivity index (χ4v) is 1.77. The summed E-state index contributed by atoms with van der Waals surface area (Å²) in [6.07, 6.45) is 1.85. The molecule has 0 aromatic carbocycles. The highest BCUT2D eigenvalue weighted by Gasteiger charge is 2.27. The Bertz CT molecular complexity index is 213. The Morgan fingerprint density at radius 1 is 1.07 bits per heavy atom. The van der Waals surface area contributed by atoms with Crippen LogP contribution >= 0.6 is 0 Å². The summed E-state index contributed by atoms with van der Waals surface area (Å²) in [6, 6.07) is 0.522. The van der Waals surface area contributed by atoms with Crippen LogP contribution < -0.4 is 0 Å². The maximum absolute atomic E-state index is 12.2. The Morgan fingerprint density at radius 2 is 1.47 bits per heavy atom. The molecular weight excluding hydrogens is 186 g/mol. The number of amides is 1. The third-order valence-electron chi connectivity index (χ3n) is 2.92. The molecule has 0 bridgehead atoms. The number of nitrogens with zero attached hydrogens (tertiary/aromatic N) is 1. The maximum atomic E-state index is 12.2. The lowest BCUT2D eigenvalue weighted by Crippen LogP contribution is -2.45. The van der Waals surface area contributed by atoms with Crippen molar-refractivity contribution in [1.82, 2.24) is 4.90 Å². The van der Waals surface area contributed by atoms with Crippen molar-refractivity contribution in [2.45, 2.75) is 53.6 Å². The first-order chi connectivity index (χ1) is 6.82. The second kappa shape index (κ2) is 5.94. The third-order valence-corrected chi connectivity index (χ3v) is 2.92. The average molecular weight is 211 g/mol. The van der Waals surface area contributed by atoms with E-state index in [9.17, 15) is 4.79 Å². The molecule has 2 atom stereocenters. The van der Waals surface area contributed by atoms with Crippen molar-refractivity contribution in [2.24, 2.45) is 11.8 Å². The SMILES string of the molecule is C=C[C@H](C)[C@H](C)C(=O)N(C(C)C)C(C)C. The molecule has 1 amide bonds. The van der Waals surface area contributed by atoms with Crippen molar-refractivity contribution in [2.75, 3.05) is 0 Å². The molecule has 0 rings (SSSR count). The Labute approximate surface area is 94.4 Å². The maximum Gasteiger partial charge on any atom is 0.226 e.